The second-order valence-electron chi connectivity index (χ2n) is 8.03. The predicted molar refractivity (Wildman–Crippen MR) is 113 cm³/mol. The van der Waals surface area contributed by atoms with Gasteiger partial charge in [-0.1, -0.05) is 47.9 Å². The lowest BCUT2D eigenvalue weighted by atomic mass is 9.95. The maximum atomic E-state index is 12.5. The maximum Gasteiger partial charge on any atom is 0.263 e. The first-order valence-corrected chi connectivity index (χ1v) is 9.87. The Morgan fingerprint density at radius 3 is 2.52 bits per heavy atom. The minimum atomic E-state index is -0.461. The molecule has 146 valence electrons. The smallest absolute Gasteiger partial charge is 0.263 e. The first-order chi connectivity index (χ1) is 13.9. The van der Waals surface area contributed by atoms with Gasteiger partial charge in [-0.15, -0.1) is 0 Å². The molecule has 0 spiro atoms. The molecule has 29 heavy (non-hydrogen) atoms. The van der Waals surface area contributed by atoms with Crippen molar-refractivity contribution in [3.05, 3.63) is 69.1 Å². The van der Waals surface area contributed by atoms with Crippen molar-refractivity contribution in [3.8, 4) is 28.2 Å². The lowest BCUT2D eigenvalue weighted by molar-refractivity contribution is 0.421. The summed E-state index contributed by atoms with van der Waals surface area (Å²) in [5.74, 6) is 0.0709. The average Bonchev–Trinajstić information content (AvgIpc) is 3.30. The number of nitrogens with one attached hydrogen (secondary N) is 1. The number of hydrogen-bond acceptors (Lipinski definition) is 4. The fourth-order valence-corrected chi connectivity index (χ4v) is 4.03. The monoisotopic (exact) mass is 406 g/mol. The Hall–Kier alpha value is -3.05. The number of pyridine rings is 1. The van der Waals surface area contributed by atoms with Gasteiger partial charge in [-0.3, -0.25) is 4.79 Å². The average molecular weight is 407 g/mol. The standard InChI is InChI=1S/C23H19ClN2O3/c1-12-9-19(29-26-12)20-21(27)16-10-15(17(24)11-18(16)25-22(20)28)13-3-5-14(6-4-13)23(2)7-8-23/h3-6,9-11H,7-8H2,1-2H3,(H2,25,27,28). The zero-order valence-electron chi connectivity index (χ0n) is 16.0. The number of aromatic amines is 1. The molecule has 1 aliphatic carbocycles. The van der Waals surface area contributed by atoms with E-state index in [1.165, 1.54) is 18.4 Å². The largest absolute Gasteiger partial charge is 0.506 e. The van der Waals surface area contributed by atoms with Crippen LogP contribution >= 0.6 is 11.6 Å². The van der Waals surface area contributed by atoms with Gasteiger partial charge in [0, 0.05) is 17.0 Å². The van der Waals surface area contributed by atoms with Crippen molar-refractivity contribution in [2.24, 2.45) is 0 Å². The molecular weight excluding hydrogens is 388 g/mol. The van der Waals surface area contributed by atoms with Gasteiger partial charge < -0.3 is 14.6 Å². The number of aromatic hydroxyl groups is 1. The summed E-state index contributed by atoms with van der Waals surface area (Å²) in [7, 11) is 0. The molecule has 0 atom stereocenters. The van der Waals surface area contributed by atoms with Gasteiger partial charge in [0.25, 0.3) is 5.56 Å². The quantitative estimate of drug-likeness (QED) is 0.466. The number of aromatic nitrogens is 2. The molecule has 0 saturated heterocycles. The summed E-state index contributed by atoms with van der Waals surface area (Å²) in [6.45, 7) is 4.02. The Labute approximate surface area is 171 Å². The molecule has 0 unspecified atom stereocenters. The fraction of sp³-hybridized carbons (Fsp3) is 0.217. The lowest BCUT2D eigenvalue weighted by Gasteiger charge is -2.12. The van der Waals surface area contributed by atoms with Crippen LogP contribution in [0.5, 0.6) is 5.75 Å². The highest BCUT2D eigenvalue weighted by atomic mass is 35.5. The third kappa shape index (κ3) is 2.93. The molecule has 4 aromatic rings. The highest BCUT2D eigenvalue weighted by molar-refractivity contribution is 6.34. The van der Waals surface area contributed by atoms with Crippen LogP contribution in [0.2, 0.25) is 5.02 Å². The first-order valence-electron chi connectivity index (χ1n) is 9.49. The Balaban J connectivity index is 1.67. The molecule has 5 rings (SSSR count). The van der Waals surface area contributed by atoms with Gasteiger partial charge in [-0.2, -0.15) is 0 Å². The van der Waals surface area contributed by atoms with Crippen LogP contribution in [0, 0.1) is 6.92 Å². The van der Waals surface area contributed by atoms with Crippen LogP contribution < -0.4 is 5.56 Å². The van der Waals surface area contributed by atoms with E-state index in [9.17, 15) is 9.90 Å². The van der Waals surface area contributed by atoms with Crippen LogP contribution in [0.15, 0.2) is 51.8 Å². The molecule has 1 aliphatic rings. The summed E-state index contributed by atoms with van der Waals surface area (Å²) >= 11 is 6.51. The van der Waals surface area contributed by atoms with E-state index in [1.807, 2.05) is 0 Å². The molecule has 6 heteroatoms. The van der Waals surface area contributed by atoms with E-state index in [1.54, 1.807) is 25.1 Å². The van der Waals surface area contributed by atoms with Gasteiger partial charge in [-0.05, 0) is 48.4 Å². The van der Waals surface area contributed by atoms with Crippen molar-refractivity contribution in [2.45, 2.75) is 32.1 Å². The van der Waals surface area contributed by atoms with Crippen molar-refractivity contribution >= 4 is 22.5 Å². The van der Waals surface area contributed by atoms with Gasteiger partial charge in [0.1, 0.15) is 11.3 Å². The topological polar surface area (TPSA) is 79.1 Å². The summed E-state index contributed by atoms with van der Waals surface area (Å²) in [4.78, 5) is 15.3. The molecule has 2 heterocycles. The molecule has 1 saturated carbocycles. The van der Waals surface area contributed by atoms with Crippen molar-refractivity contribution in [1.29, 1.82) is 0 Å². The summed E-state index contributed by atoms with van der Waals surface area (Å²) < 4.78 is 5.19. The number of benzene rings is 2. The van der Waals surface area contributed by atoms with Gasteiger partial charge in [-0.25, -0.2) is 0 Å². The Morgan fingerprint density at radius 1 is 1.17 bits per heavy atom. The van der Waals surface area contributed by atoms with Gasteiger partial charge in [0.15, 0.2) is 5.76 Å². The molecule has 5 nitrogen and oxygen atoms in total. The number of halogens is 1. The van der Waals surface area contributed by atoms with Crippen LogP contribution in [0.1, 0.15) is 31.0 Å². The van der Waals surface area contributed by atoms with Crippen LogP contribution in [-0.2, 0) is 5.41 Å². The summed E-state index contributed by atoms with van der Waals surface area (Å²) in [6, 6.07) is 13.5. The van der Waals surface area contributed by atoms with Crippen molar-refractivity contribution < 1.29 is 9.63 Å². The first kappa shape index (κ1) is 18.0. The number of nitrogens with zero attached hydrogens (tertiary/aromatic N) is 1. The highest BCUT2D eigenvalue weighted by Gasteiger charge is 2.38. The molecule has 2 aromatic heterocycles. The maximum absolute atomic E-state index is 12.5. The second kappa shape index (κ2) is 6.22. The number of H-pyrrole nitrogens is 1. The molecular formula is C23H19ClN2O3. The fourth-order valence-electron chi connectivity index (χ4n) is 3.76. The van der Waals surface area contributed by atoms with Gasteiger partial charge >= 0.3 is 0 Å². The molecule has 0 amide bonds. The van der Waals surface area contributed by atoms with E-state index in [0.29, 0.717) is 27.0 Å². The third-order valence-corrected chi connectivity index (χ3v) is 6.15. The zero-order chi connectivity index (χ0) is 20.3. The molecule has 2 aromatic carbocycles. The van der Waals surface area contributed by atoms with E-state index >= 15 is 0 Å². The van der Waals surface area contributed by atoms with Crippen molar-refractivity contribution in [1.82, 2.24) is 10.1 Å². The van der Waals surface area contributed by atoms with Gasteiger partial charge in [0.05, 0.1) is 16.2 Å². The molecule has 0 aliphatic heterocycles. The van der Waals surface area contributed by atoms with Crippen LogP contribution in [0.3, 0.4) is 0 Å². The summed E-state index contributed by atoms with van der Waals surface area (Å²) in [6.07, 6.45) is 2.43. The number of aryl methyl sites for hydroxylation is 1. The second-order valence-corrected chi connectivity index (χ2v) is 8.43. The number of hydrogen-bond donors (Lipinski definition) is 2. The van der Waals surface area contributed by atoms with Crippen LogP contribution in [0.25, 0.3) is 33.4 Å². The Morgan fingerprint density at radius 2 is 1.90 bits per heavy atom. The lowest BCUT2D eigenvalue weighted by Crippen LogP contribution is -2.09. The molecule has 0 radical (unpaired) electrons. The Bertz CT molecular complexity index is 1310. The van der Waals surface area contributed by atoms with Crippen LogP contribution in [0.4, 0.5) is 0 Å². The van der Waals surface area contributed by atoms with Crippen molar-refractivity contribution in [2.75, 3.05) is 0 Å². The SMILES string of the molecule is Cc1cc(-c2c(O)c3cc(-c4ccc(C5(C)CC5)cc4)c(Cl)cc3[nH]c2=O)on1. The predicted octanol–water partition coefficient (Wildman–Crippen LogP) is 5.57. The summed E-state index contributed by atoms with van der Waals surface area (Å²) in [5, 5.41) is 15.7. The van der Waals surface area contributed by atoms with E-state index in [-0.39, 0.29) is 17.1 Å². The minimum absolute atomic E-state index is 0.0587. The molecule has 2 N–H and O–H groups in total. The van der Waals surface area contributed by atoms with Gasteiger partial charge in [0.2, 0.25) is 0 Å². The van der Waals surface area contributed by atoms with Crippen molar-refractivity contribution in [3.63, 3.8) is 0 Å². The van der Waals surface area contributed by atoms with Crippen LogP contribution in [-0.4, -0.2) is 15.2 Å². The third-order valence-electron chi connectivity index (χ3n) is 5.84. The molecule has 0 bridgehead atoms. The van der Waals surface area contributed by atoms with E-state index in [2.05, 4.69) is 41.3 Å². The number of fused-ring (bicyclic) bond motifs is 1. The minimum Gasteiger partial charge on any atom is -0.506 e. The highest BCUT2D eigenvalue weighted by Crippen LogP contribution is 2.48. The number of rotatable bonds is 3. The normalized spacial score (nSPS) is 15.0. The van der Waals surface area contributed by atoms with E-state index < -0.39 is 5.56 Å². The van der Waals surface area contributed by atoms with E-state index in [4.69, 9.17) is 16.1 Å². The summed E-state index contributed by atoms with van der Waals surface area (Å²) in [5.41, 5.74) is 4.05. The van der Waals surface area contributed by atoms with E-state index in [0.717, 1.165) is 11.1 Å². The molecule has 1 fully saturated rings. The Kier molecular flexibility index (Phi) is 3.87. The zero-order valence-corrected chi connectivity index (χ0v) is 16.8.